The summed E-state index contributed by atoms with van der Waals surface area (Å²) in [6, 6.07) is 0. The normalized spacial score (nSPS) is 17.4. The van der Waals surface area contributed by atoms with Crippen molar-refractivity contribution in [3.8, 4) is 0 Å². The highest BCUT2D eigenvalue weighted by molar-refractivity contribution is 5.82. The Morgan fingerprint density at radius 2 is 2.20 bits per heavy atom. The summed E-state index contributed by atoms with van der Waals surface area (Å²) in [7, 11) is 0. The molecule has 1 heterocycles. The molecule has 15 heavy (non-hydrogen) atoms. The monoisotopic (exact) mass is 211 g/mol. The summed E-state index contributed by atoms with van der Waals surface area (Å²) >= 11 is 0. The average molecular weight is 211 g/mol. The lowest BCUT2D eigenvalue weighted by Crippen LogP contribution is -2.35. The second-order valence-electron chi connectivity index (χ2n) is 3.30. The van der Waals surface area contributed by atoms with Gasteiger partial charge in [0.2, 0.25) is 0 Å². The first kappa shape index (κ1) is 11.8. The van der Waals surface area contributed by atoms with Gasteiger partial charge >= 0.3 is 5.97 Å². The molecule has 0 aliphatic carbocycles. The van der Waals surface area contributed by atoms with Crippen molar-refractivity contribution in [3.05, 3.63) is 24.4 Å². The molecule has 0 atom stereocenters. The molecule has 1 aliphatic rings. The van der Waals surface area contributed by atoms with Gasteiger partial charge in [0, 0.05) is 24.9 Å². The lowest BCUT2D eigenvalue weighted by atomic mass is 10.3. The third-order valence-electron chi connectivity index (χ3n) is 2.18. The van der Waals surface area contributed by atoms with Crippen LogP contribution in [0, 0.1) is 0 Å². The van der Waals surface area contributed by atoms with E-state index in [4.69, 9.17) is 9.47 Å². The van der Waals surface area contributed by atoms with Gasteiger partial charge in [-0.25, -0.2) is 4.79 Å². The Bertz CT molecular complexity index is 255. The molecule has 0 saturated carbocycles. The van der Waals surface area contributed by atoms with Crippen molar-refractivity contribution in [2.75, 3.05) is 32.9 Å². The van der Waals surface area contributed by atoms with E-state index >= 15 is 0 Å². The molecule has 0 aromatic heterocycles. The quantitative estimate of drug-likeness (QED) is 0.394. The van der Waals surface area contributed by atoms with Gasteiger partial charge in [-0.1, -0.05) is 12.7 Å². The van der Waals surface area contributed by atoms with E-state index < -0.39 is 0 Å². The van der Waals surface area contributed by atoms with Crippen LogP contribution in [0.3, 0.4) is 0 Å². The summed E-state index contributed by atoms with van der Waals surface area (Å²) in [5.74, 6) is -0.320. The summed E-state index contributed by atoms with van der Waals surface area (Å²) in [5.41, 5.74) is 0.923. The van der Waals surface area contributed by atoms with Crippen LogP contribution >= 0.6 is 0 Å². The van der Waals surface area contributed by atoms with Crippen molar-refractivity contribution in [1.29, 1.82) is 0 Å². The van der Waals surface area contributed by atoms with Crippen LogP contribution in [0.2, 0.25) is 0 Å². The van der Waals surface area contributed by atoms with E-state index in [0.717, 1.165) is 18.8 Å². The Labute approximate surface area is 90.2 Å². The maximum absolute atomic E-state index is 11.3. The zero-order valence-corrected chi connectivity index (χ0v) is 9.07. The SMILES string of the molecule is C=CCOC(=O)/C=C(/C)N1CCOCC1. The summed E-state index contributed by atoms with van der Waals surface area (Å²) in [5, 5.41) is 0. The number of carbonyl (C=O) groups excluding carboxylic acids is 1. The van der Waals surface area contributed by atoms with Crippen LogP contribution in [-0.2, 0) is 14.3 Å². The molecule has 1 saturated heterocycles. The third-order valence-corrected chi connectivity index (χ3v) is 2.18. The van der Waals surface area contributed by atoms with E-state index in [1.807, 2.05) is 6.92 Å². The zero-order valence-electron chi connectivity index (χ0n) is 9.07. The second kappa shape index (κ2) is 6.24. The Hall–Kier alpha value is -1.29. The van der Waals surface area contributed by atoms with Gasteiger partial charge in [0.25, 0.3) is 0 Å². The third kappa shape index (κ3) is 4.16. The molecule has 0 aromatic carbocycles. The molecule has 1 rings (SSSR count). The minimum absolute atomic E-state index is 0.256. The van der Waals surface area contributed by atoms with Gasteiger partial charge in [-0.15, -0.1) is 0 Å². The molecule has 0 amide bonds. The number of ether oxygens (including phenoxy) is 2. The molecule has 4 nitrogen and oxygen atoms in total. The van der Waals surface area contributed by atoms with E-state index in [9.17, 15) is 4.79 Å². The number of hydrogen-bond acceptors (Lipinski definition) is 4. The molecule has 0 bridgehead atoms. The van der Waals surface area contributed by atoms with Crippen LogP contribution in [0.1, 0.15) is 6.92 Å². The first-order valence-corrected chi connectivity index (χ1v) is 5.02. The topological polar surface area (TPSA) is 38.8 Å². The molecule has 0 aromatic rings. The fourth-order valence-corrected chi connectivity index (χ4v) is 1.36. The van der Waals surface area contributed by atoms with Gasteiger partial charge in [0.1, 0.15) is 6.61 Å². The first-order valence-electron chi connectivity index (χ1n) is 5.02. The van der Waals surface area contributed by atoms with Crippen LogP contribution in [0.4, 0.5) is 0 Å². The van der Waals surface area contributed by atoms with Crippen molar-refractivity contribution in [1.82, 2.24) is 4.90 Å². The first-order chi connectivity index (χ1) is 7.24. The van der Waals surface area contributed by atoms with Gasteiger partial charge < -0.3 is 14.4 Å². The lowest BCUT2D eigenvalue weighted by Gasteiger charge is -2.29. The fourth-order valence-electron chi connectivity index (χ4n) is 1.36. The van der Waals surface area contributed by atoms with E-state index in [2.05, 4.69) is 11.5 Å². The number of morpholine rings is 1. The molecule has 1 fully saturated rings. The minimum Gasteiger partial charge on any atom is -0.458 e. The number of nitrogens with zero attached hydrogens (tertiary/aromatic N) is 1. The van der Waals surface area contributed by atoms with Crippen molar-refractivity contribution in [3.63, 3.8) is 0 Å². The molecule has 0 spiro atoms. The predicted octanol–water partition coefficient (Wildman–Crippen LogP) is 0.952. The molecule has 0 N–H and O–H groups in total. The minimum atomic E-state index is -0.320. The van der Waals surface area contributed by atoms with E-state index in [-0.39, 0.29) is 12.6 Å². The highest BCUT2D eigenvalue weighted by atomic mass is 16.5. The van der Waals surface area contributed by atoms with E-state index in [1.54, 1.807) is 6.08 Å². The number of esters is 1. The largest absolute Gasteiger partial charge is 0.458 e. The van der Waals surface area contributed by atoms with Crippen LogP contribution in [0.5, 0.6) is 0 Å². The maximum atomic E-state index is 11.3. The summed E-state index contributed by atoms with van der Waals surface area (Å²) in [6.07, 6.45) is 3.06. The zero-order chi connectivity index (χ0) is 11.1. The fraction of sp³-hybridized carbons (Fsp3) is 0.545. The summed E-state index contributed by atoms with van der Waals surface area (Å²) < 4.78 is 10.1. The van der Waals surface area contributed by atoms with Gasteiger partial charge in [-0.05, 0) is 6.92 Å². The van der Waals surface area contributed by atoms with Gasteiger partial charge in [-0.2, -0.15) is 0 Å². The predicted molar refractivity (Wildman–Crippen MR) is 57.3 cm³/mol. The second-order valence-corrected chi connectivity index (χ2v) is 3.30. The molecule has 0 unspecified atom stereocenters. The summed E-state index contributed by atoms with van der Waals surface area (Å²) in [4.78, 5) is 13.4. The number of carbonyl (C=O) groups is 1. The van der Waals surface area contributed by atoms with Crippen LogP contribution in [0.15, 0.2) is 24.4 Å². The van der Waals surface area contributed by atoms with Crippen LogP contribution in [0.25, 0.3) is 0 Å². The maximum Gasteiger partial charge on any atom is 0.332 e. The number of allylic oxidation sites excluding steroid dienone is 1. The van der Waals surface area contributed by atoms with Gasteiger partial charge in [0.05, 0.1) is 13.2 Å². The highest BCUT2D eigenvalue weighted by Crippen LogP contribution is 2.06. The van der Waals surface area contributed by atoms with Crippen molar-refractivity contribution in [2.24, 2.45) is 0 Å². The van der Waals surface area contributed by atoms with E-state index in [0.29, 0.717) is 13.2 Å². The van der Waals surface area contributed by atoms with Crippen molar-refractivity contribution in [2.45, 2.75) is 6.92 Å². The molecular weight excluding hydrogens is 194 g/mol. The smallest absolute Gasteiger partial charge is 0.332 e. The standard InChI is InChI=1S/C11H17NO3/c1-3-6-15-11(13)9-10(2)12-4-7-14-8-5-12/h3,9H,1,4-8H2,2H3/b10-9-. The molecule has 1 aliphatic heterocycles. The summed E-state index contributed by atoms with van der Waals surface area (Å²) in [6.45, 7) is 8.73. The van der Waals surface area contributed by atoms with Gasteiger partial charge in [-0.3, -0.25) is 0 Å². The number of rotatable bonds is 4. The van der Waals surface area contributed by atoms with Crippen molar-refractivity contribution >= 4 is 5.97 Å². The Kier molecular flexibility index (Phi) is 4.90. The lowest BCUT2D eigenvalue weighted by molar-refractivity contribution is -0.136. The van der Waals surface area contributed by atoms with E-state index in [1.165, 1.54) is 6.08 Å². The Morgan fingerprint density at radius 3 is 2.80 bits per heavy atom. The number of hydrogen-bond donors (Lipinski definition) is 0. The molecule has 4 heteroatoms. The van der Waals surface area contributed by atoms with Crippen LogP contribution < -0.4 is 0 Å². The Morgan fingerprint density at radius 1 is 1.53 bits per heavy atom. The van der Waals surface area contributed by atoms with Crippen LogP contribution in [-0.4, -0.2) is 43.8 Å². The molecule has 84 valence electrons. The van der Waals surface area contributed by atoms with Crippen molar-refractivity contribution < 1.29 is 14.3 Å². The molecular formula is C11H17NO3. The Balaban J connectivity index is 2.42. The average Bonchev–Trinajstić information content (AvgIpc) is 2.27. The van der Waals surface area contributed by atoms with Gasteiger partial charge in [0.15, 0.2) is 0 Å². The highest BCUT2D eigenvalue weighted by Gasteiger charge is 2.11. The molecule has 0 radical (unpaired) electrons.